The predicted molar refractivity (Wildman–Crippen MR) is 257 cm³/mol. The Morgan fingerprint density at radius 3 is 1.65 bits per heavy atom. The molecular formula is C60H49NO2. The second kappa shape index (κ2) is 14.0. The van der Waals surface area contributed by atoms with Crippen molar-refractivity contribution in [1.82, 2.24) is 0 Å². The number of ether oxygens (including phenoxy) is 2. The van der Waals surface area contributed by atoms with Crippen LogP contribution in [0.3, 0.4) is 0 Å². The van der Waals surface area contributed by atoms with E-state index in [9.17, 15) is 0 Å². The van der Waals surface area contributed by atoms with Gasteiger partial charge in [-0.05, 0) is 115 Å². The largest absolute Gasteiger partial charge is 0.381 e. The topological polar surface area (TPSA) is 21.7 Å². The SMILES string of the molecule is CC1(C)c2ccccc2-c2ccc(N(c3ccccc3-c3ccccc3)c3cccc4c3-c3ccccc3C43c4cc(C5CCOC5)ccc4-c4ccc(C5CCOC5)cc43)cc21. The van der Waals surface area contributed by atoms with E-state index in [1.807, 2.05) is 0 Å². The smallest absolute Gasteiger partial charge is 0.0726 e. The quantitative estimate of drug-likeness (QED) is 0.167. The average Bonchev–Trinajstić information content (AvgIpc) is 4.19. The van der Waals surface area contributed by atoms with Crippen molar-refractivity contribution in [3.8, 4) is 44.5 Å². The highest BCUT2D eigenvalue weighted by atomic mass is 16.5. The van der Waals surface area contributed by atoms with E-state index in [1.54, 1.807) is 0 Å². The lowest BCUT2D eigenvalue weighted by molar-refractivity contribution is 0.194. The Morgan fingerprint density at radius 1 is 0.429 bits per heavy atom. The van der Waals surface area contributed by atoms with Crippen molar-refractivity contribution in [2.75, 3.05) is 31.3 Å². The van der Waals surface area contributed by atoms with Crippen LogP contribution in [0.2, 0.25) is 0 Å². The molecule has 5 aliphatic rings. The summed E-state index contributed by atoms with van der Waals surface area (Å²) in [5.74, 6) is 0.787. The molecule has 2 fully saturated rings. The summed E-state index contributed by atoms with van der Waals surface area (Å²) in [6, 6.07) is 67.3. The lowest BCUT2D eigenvalue weighted by Gasteiger charge is -2.33. The molecule has 2 atom stereocenters. The van der Waals surface area contributed by atoms with Crippen molar-refractivity contribution < 1.29 is 9.47 Å². The number of rotatable bonds is 6. The van der Waals surface area contributed by atoms with Gasteiger partial charge < -0.3 is 14.4 Å². The zero-order valence-electron chi connectivity index (χ0n) is 35.9. The Labute approximate surface area is 370 Å². The van der Waals surface area contributed by atoms with Crippen LogP contribution in [0.1, 0.15) is 83.0 Å². The van der Waals surface area contributed by atoms with Crippen LogP contribution in [0.15, 0.2) is 176 Å². The minimum atomic E-state index is -0.510. The molecule has 0 bridgehead atoms. The maximum absolute atomic E-state index is 6.00. The van der Waals surface area contributed by atoms with E-state index in [2.05, 4.69) is 195 Å². The van der Waals surface area contributed by atoms with Crippen LogP contribution in [0, 0.1) is 0 Å². The fraction of sp³-hybridized carbons (Fsp3) is 0.200. The van der Waals surface area contributed by atoms with Gasteiger partial charge in [0.15, 0.2) is 0 Å². The maximum Gasteiger partial charge on any atom is 0.0726 e. The number of hydrogen-bond acceptors (Lipinski definition) is 3. The Hall–Kier alpha value is -6.52. The summed E-state index contributed by atoms with van der Waals surface area (Å²) < 4.78 is 12.0. The molecule has 13 rings (SSSR count). The summed E-state index contributed by atoms with van der Waals surface area (Å²) in [6.45, 7) is 7.97. The fourth-order valence-corrected chi connectivity index (χ4v) is 12.3. The maximum atomic E-state index is 6.00. The molecule has 2 saturated heterocycles. The van der Waals surface area contributed by atoms with Crippen LogP contribution in [0.5, 0.6) is 0 Å². The van der Waals surface area contributed by atoms with Crippen molar-refractivity contribution in [3.63, 3.8) is 0 Å². The molecule has 0 aromatic heterocycles. The van der Waals surface area contributed by atoms with E-state index in [-0.39, 0.29) is 5.41 Å². The standard InChI is InChI=1S/C60H49NO2/c1-59(2)50-18-9-6-16-45(50)46-28-25-43(35-53(46)59)61(56-21-11-8-15-44(56)38-13-4-3-5-14-38)57-22-12-20-52-58(57)49-17-7-10-19-51(49)60(52)54-33-39(41-29-31-62-36-41)23-26-47(54)48-27-24-40(34-55(48)60)42-30-32-63-37-42/h3-28,33-35,41-42H,29-32,36-37H2,1-2H3. The molecule has 3 aliphatic carbocycles. The Morgan fingerprint density at radius 2 is 0.968 bits per heavy atom. The summed E-state index contributed by atoms with van der Waals surface area (Å²) in [5, 5.41) is 0. The normalized spacial score (nSPS) is 20.5. The lowest BCUT2D eigenvalue weighted by Crippen LogP contribution is -2.26. The third-order valence-corrected chi connectivity index (χ3v) is 15.3. The van der Waals surface area contributed by atoms with Crippen LogP contribution < -0.4 is 4.90 Å². The van der Waals surface area contributed by atoms with Crippen molar-refractivity contribution in [2.24, 2.45) is 0 Å². The molecule has 2 heterocycles. The predicted octanol–water partition coefficient (Wildman–Crippen LogP) is 14.5. The van der Waals surface area contributed by atoms with E-state index in [1.165, 1.54) is 94.7 Å². The third-order valence-electron chi connectivity index (χ3n) is 15.3. The van der Waals surface area contributed by atoms with Gasteiger partial charge in [0, 0.05) is 47.3 Å². The van der Waals surface area contributed by atoms with E-state index in [4.69, 9.17) is 9.47 Å². The van der Waals surface area contributed by atoms with Gasteiger partial charge in [0.1, 0.15) is 0 Å². The number of benzene rings is 8. The Balaban J connectivity index is 1.10. The summed E-state index contributed by atoms with van der Waals surface area (Å²) in [4.78, 5) is 2.58. The molecule has 3 nitrogen and oxygen atoms in total. The zero-order valence-corrected chi connectivity index (χ0v) is 35.9. The highest BCUT2D eigenvalue weighted by Gasteiger charge is 2.53. The van der Waals surface area contributed by atoms with Gasteiger partial charge in [0.2, 0.25) is 0 Å². The van der Waals surface area contributed by atoms with E-state index < -0.39 is 5.41 Å². The number of hydrogen-bond donors (Lipinski definition) is 0. The first-order chi connectivity index (χ1) is 31.0. The highest BCUT2D eigenvalue weighted by molar-refractivity contribution is 6.03. The zero-order chi connectivity index (χ0) is 41.9. The Kier molecular flexibility index (Phi) is 8.23. The first kappa shape index (κ1) is 37.1. The molecule has 0 radical (unpaired) electrons. The average molecular weight is 816 g/mol. The van der Waals surface area contributed by atoms with Crippen LogP contribution in [-0.4, -0.2) is 26.4 Å². The monoisotopic (exact) mass is 815 g/mol. The summed E-state index contributed by atoms with van der Waals surface area (Å²) in [7, 11) is 0. The van der Waals surface area contributed by atoms with Crippen LogP contribution >= 0.6 is 0 Å². The van der Waals surface area contributed by atoms with E-state index in [0.717, 1.165) is 50.6 Å². The van der Waals surface area contributed by atoms with Crippen molar-refractivity contribution in [1.29, 1.82) is 0 Å². The summed E-state index contributed by atoms with van der Waals surface area (Å²) >= 11 is 0. The first-order valence-electron chi connectivity index (χ1n) is 22.9. The molecule has 0 amide bonds. The number of fused-ring (bicyclic) bond motifs is 13. The molecule has 0 N–H and O–H groups in total. The van der Waals surface area contributed by atoms with Gasteiger partial charge >= 0.3 is 0 Å². The second-order valence-electron chi connectivity index (χ2n) is 18.8. The molecular weight excluding hydrogens is 767 g/mol. The van der Waals surface area contributed by atoms with Gasteiger partial charge in [-0.25, -0.2) is 0 Å². The molecule has 3 heteroatoms. The van der Waals surface area contributed by atoms with Crippen molar-refractivity contribution in [2.45, 2.75) is 49.4 Å². The van der Waals surface area contributed by atoms with E-state index in [0.29, 0.717) is 11.8 Å². The highest BCUT2D eigenvalue weighted by Crippen LogP contribution is 2.66. The van der Waals surface area contributed by atoms with E-state index >= 15 is 0 Å². The minimum Gasteiger partial charge on any atom is -0.381 e. The summed E-state index contributed by atoms with van der Waals surface area (Å²) in [5.41, 5.74) is 24.1. The van der Waals surface area contributed by atoms with Crippen LogP contribution in [0.25, 0.3) is 44.5 Å². The number of para-hydroxylation sites is 1. The van der Waals surface area contributed by atoms with Gasteiger partial charge in [0.25, 0.3) is 0 Å². The van der Waals surface area contributed by atoms with Gasteiger partial charge in [-0.1, -0.05) is 166 Å². The van der Waals surface area contributed by atoms with Crippen molar-refractivity contribution in [3.05, 3.63) is 220 Å². The molecule has 306 valence electrons. The number of nitrogens with zero attached hydrogens (tertiary/aromatic N) is 1. The van der Waals surface area contributed by atoms with Gasteiger partial charge in [-0.3, -0.25) is 0 Å². The second-order valence-corrected chi connectivity index (χ2v) is 18.8. The first-order valence-corrected chi connectivity index (χ1v) is 22.9. The molecule has 1 spiro atoms. The molecule has 8 aromatic rings. The molecule has 8 aromatic carbocycles. The van der Waals surface area contributed by atoms with Crippen LogP contribution in [0.4, 0.5) is 17.1 Å². The fourth-order valence-electron chi connectivity index (χ4n) is 12.3. The van der Waals surface area contributed by atoms with Crippen molar-refractivity contribution >= 4 is 17.1 Å². The molecule has 0 saturated carbocycles. The van der Waals surface area contributed by atoms with Gasteiger partial charge in [0.05, 0.1) is 30.0 Å². The molecule has 2 aliphatic heterocycles. The summed E-state index contributed by atoms with van der Waals surface area (Å²) in [6.07, 6.45) is 2.11. The molecule has 2 unspecified atom stereocenters. The lowest BCUT2D eigenvalue weighted by atomic mass is 9.69. The third kappa shape index (κ3) is 5.27. The minimum absolute atomic E-state index is 0.150. The molecule has 63 heavy (non-hydrogen) atoms. The van der Waals surface area contributed by atoms with Gasteiger partial charge in [-0.2, -0.15) is 0 Å². The Bertz CT molecular complexity index is 3060. The van der Waals surface area contributed by atoms with Gasteiger partial charge in [-0.15, -0.1) is 0 Å². The van der Waals surface area contributed by atoms with Crippen LogP contribution in [-0.2, 0) is 20.3 Å². The number of anilines is 3.